The normalized spacial score (nSPS) is 18.0. The lowest BCUT2D eigenvalue weighted by Gasteiger charge is -2.21. The van der Waals surface area contributed by atoms with Gasteiger partial charge in [-0.05, 0) is 43.9 Å². The molecule has 0 saturated carbocycles. The van der Waals surface area contributed by atoms with Gasteiger partial charge in [-0.1, -0.05) is 18.2 Å². The van der Waals surface area contributed by atoms with Crippen molar-refractivity contribution in [2.75, 3.05) is 25.0 Å². The topological polar surface area (TPSA) is 72.3 Å². The van der Waals surface area contributed by atoms with Crippen LogP contribution >= 0.6 is 0 Å². The molecule has 0 spiro atoms. The summed E-state index contributed by atoms with van der Waals surface area (Å²) < 4.78 is 7.51. The van der Waals surface area contributed by atoms with Crippen molar-refractivity contribution in [3.8, 4) is 5.69 Å². The zero-order chi connectivity index (χ0) is 17.5. The van der Waals surface area contributed by atoms with Gasteiger partial charge >= 0.3 is 6.03 Å². The van der Waals surface area contributed by atoms with Crippen molar-refractivity contribution in [3.05, 3.63) is 36.7 Å². The maximum Gasteiger partial charge on any atom is 0.321 e. The number of benzene rings is 1. The van der Waals surface area contributed by atoms with Crippen molar-refractivity contribution >= 4 is 11.7 Å². The van der Waals surface area contributed by atoms with Crippen molar-refractivity contribution in [2.45, 2.75) is 38.7 Å². The van der Waals surface area contributed by atoms with E-state index in [9.17, 15) is 4.79 Å². The van der Waals surface area contributed by atoms with E-state index >= 15 is 0 Å². The van der Waals surface area contributed by atoms with Crippen LogP contribution in [0.25, 0.3) is 5.69 Å². The van der Waals surface area contributed by atoms with E-state index in [0.29, 0.717) is 0 Å². The van der Waals surface area contributed by atoms with Crippen LogP contribution in [-0.2, 0) is 4.74 Å². The number of hydrogen-bond acceptors (Lipinski definition) is 4. The van der Waals surface area contributed by atoms with Crippen LogP contribution in [0.3, 0.4) is 0 Å². The number of anilines is 1. The van der Waals surface area contributed by atoms with Gasteiger partial charge in [-0.25, -0.2) is 9.48 Å². The predicted molar refractivity (Wildman–Crippen MR) is 95.8 cm³/mol. The largest absolute Gasteiger partial charge is 0.378 e. The highest BCUT2D eigenvalue weighted by Crippen LogP contribution is 2.17. The molecule has 3 rings (SSSR count). The van der Waals surface area contributed by atoms with Crippen LogP contribution in [0.5, 0.6) is 0 Å². The third-order valence-corrected chi connectivity index (χ3v) is 4.30. The zero-order valence-corrected chi connectivity index (χ0v) is 14.6. The average Bonchev–Trinajstić information content (AvgIpc) is 3.06. The first-order valence-corrected chi connectivity index (χ1v) is 8.90. The SMILES string of the molecule is CCCOC1CCCN(C(=O)Nc2cccc(-n3ccnn3)c2)CC1. The summed E-state index contributed by atoms with van der Waals surface area (Å²) in [6.45, 7) is 4.40. The van der Waals surface area contributed by atoms with E-state index in [2.05, 4.69) is 22.6 Å². The number of ether oxygens (including phenoxy) is 1. The molecule has 2 aromatic rings. The molecule has 0 aliphatic carbocycles. The van der Waals surface area contributed by atoms with Crippen LogP contribution in [-0.4, -0.2) is 51.7 Å². The second-order valence-corrected chi connectivity index (χ2v) is 6.24. The number of carbonyl (C=O) groups is 1. The molecule has 2 heterocycles. The van der Waals surface area contributed by atoms with E-state index in [-0.39, 0.29) is 12.1 Å². The number of hydrogen-bond donors (Lipinski definition) is 1. The Balaban J connectivity index is 1.58. The van der Waals surface area contributed by atoms with E-state index in [4.69, 9.17) is 4.74 Å². The third kappa shape index (κ3) is 4.79. The molecule has 1 aromatic heterocycles. The van der Waals surface area contributed by atoms with E-state index in [1.807, 2.05) is 29.2 Å². The minimum Gasteiger partial charge on any atom is -0.378 e. The van der Waals surface area contributed by atoms with Gasteiger partial charge in [0.1, 0.15) is 0 Å². The van der Waals surface area contributed by atoms with Crippen molar-refractivity contribution in [3.63, 3.8) is 0 Å². The van der Waals surface area contributed by atoms with Crippen LogP contribution in [0.1, 0.15) is 32.6 Å². The minimum absolute atomic E-state index is 0.0631. The Labute approximate surface area is 148 Å². The molecule has 7 nitrogen and oxygen atoms in total. The molecule has 7 heteroatoms. The number of urea groups is 1. The van der Waals surface area contributed by atoms with Crippen molar-refractivity contribution < 1.29 is 9.53 Å². The highest BCUT2D eigenvalue weighted by atomic mass is 16.5. The van der Waals surface area contributed by atoms with E-state index < -0.39 is 0 Å². The Morgan fingerprint density at radius 2 is 2.28 bits per heavy atom. The van der Waals surface area contributed by atoms with E-state index in [1.165, 1.54) is 0 Å². The quantitative estimate of drug-likeness (QED) is 0.905. The summed E-state index contributed by atoms with van der Waals surface area (Å²) in [5, 5.41) is 10.8. The highest BCUT2D eigenvalue weighted by Gasteiger charge is 2.21. The summed E-state index contributed by atoms with van der Waals surface area (Å²) in [4.78, 5) is 14.5. The average molecular weight is 343 g/mol. The number of rotatable bonds is 5. The van der Waals surface area contributed by atoms with Crippen molar-refractivity contribution in [1.82, 2.24) is 19.9 Å². The Morgan fingerprint density at radius 1 is 1.36 bits per heavy atom. The Kier molecular flexibility index (Phi) is 6.00. The van der Waals surface area contributed by atoms with E-state index in [0.717, 1.165) is 56.8 Å². The Hall–Kier alpha value is -2.41. The van der Waals surface area contributed by atoms with E-state index in [1.54, 1.807) is 17.1 Å². The van der Waals surface area contributed by atoms with Crippen molar-refractivity contribution in [1.29, 1.82) is 0 Å². The summed E-state index contributed by atoms with van der Waals surface area (Å²) in [5.41, 5.74) is 1.61. The number of nitrogens with zero attached hydrogens (tertiary/aromatic N) is 4. The lowest BCUT2D eigenvalue weighted by Crippen LogP contribution is -2.36. The molecular weight excluding hydrogens is 318 g/mol. The Morgan fingerprint density at radius 3 is 3.08 bits per heavy atom. The maximum absolute atomic E-state index is 12.6. The minimum atomic E-state index is -0.0631. The van der Waals surface area contributed by atoms with Gasteiger partial charge in [0.15, 0.2) is 0 Å². The monoisotopic (exact) mass is 343 g/mol. The second kappa shape index (κ2) is 8.62. The second-order valence-electron chi connectivity index (χ2n) is 6.24. The van der Waals surface area contributed by atoms with Crippen molar-refractivity contribution in [2.24, 2.45) is 0 Å². The summed E-state index contributed by atoms with van der Waals surface area (Å²) in [5.74, 6) is 0. The number of likely N-dealkylation sites (tertiary alicyclic amines) is 1. The van der Waals surface area contributed by atoms with Gasteiger partial charge in [0.25, 0.3) is 0 Å². The fraction of sp³-hybridized carbons (Fsp3) is 0.500. The summed E-state index contributed by atoms with van der Waals surface area (Å²) in [6, 6.07) is 7.52. The number of amides is 2. The molecule has 1 aliphatic heterocycles. The molecule has 25 heavy (non-hydrogen) atoms. The van der Waals surface area contributed by atoms with Gasteiger partial charge in [0, 0.05) is 25.4 Å². The van der Waals surface area contributed by atoms with Gasteiger partial charge in [0.2, 0.25) is 0 Å². The molecule has 1 aliphatic rings. The standard InChI is InChI=1S/C18H25N5O2/c1-2-13-25-17-7-4-10-22(11-8-17)18(24)20-15-5-3-6-16(14-15)23-12-9-19-21-23/h3,5-6,9,12,14,17H,2,4,7-8,10-11,13H2,1H3,(H,20,24). The highest BCUT2D eigenvalue weighted by molar-refractivity contribution is 5.89. The first kappa shape index (κ1) is 17.4. The third-order valence-electron chi connectivity index (χ3n) is 4.30. The molecule has 1 aromatic carbocycles. The smallest absolute Gasteiger partial charge is 0.321 e. The number of aromatic nitrogens is 3. The number of nitrogens with one attached hydrogen (secondary N) is 1. The fourth-order valence-electron chi connectivity index (χ4n) is 2.99. The molecule has 2 amide bonds. The zero-order valence-electron chi connectivity index (χ0n) is 14.6. The molecule has 0 radical (unpaired) electrons. The molecule has 1 unspecified atom stereocenters. The van der Waals surface area contributed by atoms with Gasteiger partial charge < -0.3 is 15.0 Å². The van der Waals surface area contributed by atoms with Gasteiger partial charge in [-0.15, -0.1) is 5.10 Å². The van der Waals surface area contributed by atoms with Gasteiger partial charge in [-0.2, -0.15) is 0 Å². The summed E-state index contributed by atoms with van der Waals surface area (Å²) in [6.07, 6.45) is 7.58. The van der Waals surface area contributed by atoms with Gasteiger partial charge in [0.05, 0.1) is 24.2 Å². The summed E-state index contributed by atoms with van der Waals surface area (Å²) in [7, 11) is 0. The van der Waals surface area contributed by atoms with Crippen LogP contribution in [0.2, 0.25) is 0 Å². The molecular formula is C18H25N5O2. The van der Waals surface area contributed by atoms with Crippen LogP contribution in [0.4, 0.5) is 10.5 Å². The lowest BCUT2D eigenvalue weighted by atomic mass is 10.2. The number of carbonyl (C=O) groups excluding carboxylic acids is 1. The molecule has 134 valence electrons. The molecule has 1 N–H and O–H groups in total. The molecule has 0 bridgehead atoms. The summed E-state index contributed by atoms with van der Waals surface area (Å²) >= 11 is 0. The molecule has 1 fully saturated rings. The maximum atomic E-state index is 12.6. The molecule has 1 saturated heterocycles. The lowest BCUT2D eigenvalue weighted by molar-refractivity contribution is 0.0446. The van der Waals surface area contributed by atoms with Crippen LogP contribution < -0.4 is 5.32 Å². The fourth-order valence-corrected chi connectivity index (χ4v) is 2.99. The van der Waals surface area contributed by atoms with Crippen LogP contribution in [0.15, 0.2) is 36.7 Å². The van der Waals surface area contributed by atoms with Gasteiger partial charge in [-0.3, -0.25) is 0 Å². The Bertz CT molecular complexity index is 674. The first-order chi connectivity index (χ1) is 12.3. The molecule has 1 atom stereocenters. The first-order valence-electron chi connectivity index (χ1n) is 8.90. The van der Waals surface area contributed by atoms with Crippen LogP contribution in [0, 0.1) is 0 Å². The predicted octanol–water partition coefficient (Wildman–Crippen LogP) is 3.08.